The Bertz CT molecular complexity index is 717. The molecule has 0 bridgehead atoms. The van der Waals surface area contributed by atoms with Crippen LogP contribution in [0.1, 0.15) is 24.8 Å². The first-order valence-electron chi connectivity index (χ1n) is 8.01. The van der Waals surface area contributed by atoms with Crippen molar-refractivity contribution in [2.24, 2.45) is 0 Å². The van der Waals surface area contributed by atoms with E-state index in [4.69, 9.17) is 11.6 Å². The fourth-order valence-corrected chi connectivity index (χ4v) is 4.90. The van der Waals surface area contributed by atoms with Gasteiger partial charge in [-0.15, -0.1) is 0 Å². The van der Waals surface area contributed by atoms with E-state index in [1.165, 1.54) is 6.07 Å². The summed E-state index contributed by atoms with van der Waals surface area (Å²) in [4.78, 5) is 14.1. The molecule has 0 unspecified atom stereocenters. The maximum absolute atomic E-state index is 14.0. The van der Waals surface area contributed by atoms with Crippen LogP contribution in [0, 0.1) is 5.82 Å². The number of nitrogens with zero attached hydrogens (tertiary/aromatic N) is 1. The molecule has 1 amide bonds. The number of nitrogens with one attached hydrogen (secondary N) is 1. The molecule has 1 heterocycles. The van der Waals surface area contributed by atoms with Gasteiger partial charge in [0.05, 0.1) is 18.1 Å². The molecule has 1 aromatic rings. The highest BCUT2D eigenvalue weighted by molar-refractivity contribution is 7.91. The van der Waals surface area contributed by atoms with Gasteiger partial charge in [-0.25, -0.2) is 12.8 Å². The van der Waals surface area contributed by atoms with Gasteiger partial charge in [0.15, 0.2) is 9.84 Å². The first kappa shape index (κ1) is 17.6. The number of carbonyl (C=O) groups excluding carboxylic acids is 1. The molecule has 1 saturated carbocycles. The van der Waals surface area contributed by atoms with Crippen LogP contribution in [0.4, 0.5) is 4.39 Å². The standard InChI is InChI=1S/C16H20ClFN2O3S/c17-14-2-1-3-15(18)13(14)8-20(12-4-5-12)9-16(21)19-11-6-7-24(22,23)10-11/h1-3,11-12H,4-10H2,(H,19,21)/t11-/m0/s1. The van der Waals surface area contributed by atoms with Gasteiger partial charge in [-0.1, -0.05) is 17.7 Å². The SMILES string of the molecule is O=C(CN(Cc1c(F)cccc1Cl)C1CC1)N[C@H]1CCS(=O)(=O)C1. The molecule has 1 N–H and O–H groups in total. The summed E-state index contributed by atoms with van der Waals surface area (Å²) in [5.74, 6) is -0.483. The Morgan fingerprint density at radius 1 is 1.33 bits per heavy atom. The van der Waals surface area contributed by atoms with Crippen molar-refractivity contribution >= 4 is 27.3 Å². The normalized spacial score (nSPS) is 22.7. The van der Waals surface area contributed by atoms with Crippen LogP contribution in [-0.4, -0.2) is 49.4 Å². The summed E-state index contributed by atoms with van der Waals surface area (Å²) in [7, 11) is -3.03. The summed E-state index contributed by atoms with van der Waals surface area (Å²) in [6, 6.07) is 4.47. The third-order valence-corrected chi connectivity index (χ3v) is 6.55. The van der Waals surface area contributed by atoms with Crippen LogP contribution in [0.5, 0.6) is 0 Å². The number of hydrogen-bond donors (Lipinski definition) is 1. The van der Waals surface area contributed by atoms with E-state index in [1.54, 1.807) is 12.1 Å². The Morgan fingerprint density at radius 2 is 2.08 bits per heavy atom. The molecular weight excluding hydrogens is 355 g/mol. The van der Waals surface area contributed by atoms with E-state index >= 15 is 0 Å². The third kappa shape index (κ3) is 4.46. The largest absolute Gasteiger partial charge is 0.351 e. The molecule has 1 aliphatic heterocycles. The van der Waals surface area contributed by atoms with E-state index < -0.39 is 9.84 Å². The van der Waals surface area contributed by atoms with Crippen LogP contribution in [-0.2, 0) is 21.2 Å². The minimum atomic E-state index is -3.03. The molecule has 1 aromatic carbocycles. The van der Waals surface area contributed by atoms with E-state index in [0.717, 1.165) is 12.8 Å². The number of sulfone groups is 1. The van der Waals surface area contributed by atoms with Crippen LogP contribution in [0.2, 0.25) is 5.02 Å². The molecule has 2 aliphatic rings. The molecule has 24 heavy (non-hydrogen) atoms. The van der Waals surface area contributed by atoms with Crippen molar-refractivity contribution in [2.75, 3.05) is 18.1 Å². The first-order valence-corrected chi connectivity index (χ1v) is 10.2. The minimum Gasteiger partial charge on any atom is -0.351 e. The Kier molecular flexibility index (Phi) is 5.13. The number of benzene rings is 1. The summed E-state index contributed by atoms with van der Waals surface area (Å²) < 4.78 is 36.9. The van der Waals surface area contributed by atoms with Gasteiger partial charge in [-0.05, 0) is 31.4 Å². The smallest absolute Gasteiger partial charge is 0.234 e. The lowest BCUT2D eigenvalue weighted by Gasteiger charge is -2.23. The van der Waals surface area contributed by atoms with E-state index in [2.05, 4.69) is 5.32 Å². The summed E-state index contributed by atoms with van der Waals surface area (Å²) in [6.07, 6.45) is 2.39. The Hall–Kier alpha value is -1.18. The van der Waals surface area contributed by atoms with Crippen molar-refractivity contribution in [1.82, 2.24) is 10.2 Å². The van der Waals surface area contributed by atoms with Gasteiger partial charge in [0.25, 0.3) is 0 Å². The number of hydrogen-bond acceptors (Lipinski definition) is 4. The van der Waals surface area contributed by atoms with Crippen LogP contribution < -0.4 is 5.32 Å². The maximum Gasteiger partial charge on any atom is 0.234 e. The van der Waals surface area contributed by atoms with E-state index in [-0.39, 0.29) is 48.4 Å². The summed E-state index contributed by atoms with van der Waals surface area (Å²) in [5, 5.41) is 3.13. The molecule has 0 aromatic heterocycles. The Balaban J connectivity index is 1.61. The lowest BCUT2D eigenvalue weighted by molar-refractivity contribution is -0.123. The molecular formula is C16H20ClFN2O3S. The fraction of sp³-hybridized carbons (Fsp3) is 0.562. The van der Waals surface area contributed by atoms with Gasteiger partial charge >= 0.3 is 0 Å². The van der Waals surface area contributed by atoms with Crippen molar-refractivity contribution in [1.29, 1.82) is 0 Å². The van der Waals surface area contributed by atoms with Gasteiger partial charge < -0.3 is 5.32 Å². The third-order valence-electron chi connectivity index (χ3n) is 4.43. The highest BCUT2D eigenvalue weighted by Gasteiger charge is 2.33. The zero-order chi connectivity index (χ0) is 17.3. The van der Waals surface area contributed by atoms with Gasteiger partial charge in [0.1, 0.15) is 5.82 Å². The van der Waals surface area contributed by atoms with Crippen molar-refractivity contribution in [3.8, 4) is 0 Å². The van der Waals surface area contributed by atoms with Gasteiger partial charge in [0.2, 0.25) is 5.91 Å². The lowest BCUT2D eigenvalue weighted by Crippen LogP contribution is -2.43. The second kappa shape index (κ2) is 6.98. The topological polar surface area (TPSA) is 66.5 Å². The quantitative estimate of drug-likeness (QED) is 0.823. The Morgan fingerprint density at radius 3 is 2.67 bits per heavy atom. The molecule has 2 fully saturated rings. The van der Waals surface area contributed by atoms with E-state index in [1.807, 2.05) is 4.90 Å². The van der Waals surface area contributed by atoms with Crippen molar-refractivity contribution in [2.45, 2.75) is 37.9 Å². The molecule has 0 spiro atoms. The molecule has 3 rings (SSSR count). The number of amides is 1. The fourth-order valence-electron chi connectivity index (χ4n) is 3.01. The second-order valence-corrected chi connectivity index (χ2v) is 9.14. The zero-order valence-corrected chi connectivity index (χ0v) is 14.7. The molecule has 0 radical (unpaired) electrons. The van der Waals surface area contributed by atoms with E-state index in [0.29, 0.717) is 17.0 Å². The highest BCUT2D eigenvalue weighted by Crippen LogP contribution is 2.30. The minimum absolute atomic E-state index is 0.00130. The molecule has 132 valence electrons. The zero-order valence-electron chi connectivity index (χ0n) is 13.2. The lowest BCUT2D eigenvalue weighted by atomic mass is 10.2. The van der Waals surface area contributed by atoms with Crippen molar-refractivity contribution in [3.05, 3.63) is 34.6 Å². The molecule has 5 nitrogen and oxygen atoms in total. The molecule has 1 atom stereocenters. The predicted octanol–water partition coefficient (Wildman–Crippen LogP) is 1.75. The van der Waals surface area contributed by atoms with Crippen molar-refractivity contribution in [3.63, 3.8) is 0 Å². The number of carbonyl (C=O) groups is 1. The molecule has 8 heteroatoms. The van der Waals surface area contributed by atoms with E-state index in [9.17, 15) is 17.6 Å². The maximum atomic E-state index is 14.0. The molecule has 1 aliphatic carbocycles. The molecule has 1 saturated heterocycles. The highest BCUT2D eigenvalue weighted by atomic mass is 35.5. The second-order valence-electron chi connectivity index (χ2n) is 6.50. The Labute approximate surface area is 146 Å². The van der Waals surface area contributed by atoms with Gasteiger partial charge in [-0.2, -0.15) is 0 Å². The van der Waals surface area contributed by atoms with Crippen molar-refractivity contribution < 1.29 is 17.6 Å². The van der Waals surface area contributed by atoms with Gasteiger partial charge in [0, 0.05) is 29.2 Å². The average Bonchev–Trinajstić information content (AvgIpc) is 3.27. The summed E-state index contributed by atoms with van der Waals surface area (Å²) in [5.41, 5.74) is 0.391. The summed E-state index contributed by atoms with van der Waals surface area (Å²) in [6.45, 7) is 0.387. The number of rotatable bonds is 6. The summed E-state index contributed by atoms with van der Waals surface area (Å²) >= 11 is 6.07. The van der Waals surface area contributed by atoms with Crippen LogP contribution in [0.3, 0.4) is 0 Å². The predicted molar refractivity (Wildman–Crippen MR) is 90.0 cm³/mol. The van der Waals surface area contributed by atoms with Crippen LogP contribution >= 0.6 is 11.6 Å². The van der Waals surface area contributed by atoms with Gasteiger partial charge in [-0.3, -0.25) is 9.69 Å². The average molecular weight is 375 g/mol. The van der Waals surface area contributed by atoms with Crippen LogP contribution in [0.25, 0.3) is 0 Å². The van der Waals surface area contributed by atoms with Crippen LogP contribution in [0.15, 0.2) is 18.2 Å². The number of halogens is 2. The first-order chi connectivity index (χ1) is 11.3. The monoisotopic (exact) mass is 374 g/mol.